The molecular weight excluding hydrogens is 280 g/mol. The van der Waals surface area contributed by atoms with Crippen molar-refractivity contribution >= 4 is 12.0 Å². The lowest BCUT2D eigenvalue weighted by molar-refractivity contribution is -0.131. The number of aliphatic hydroxyl groups excluding tert-OH is 2. The lowest BCUT2D eigenvalue weighted by Crippen LogP contribution is -2.47. The first-order chi connectivity index (χ1) is 9.97. The molecule has 4 N–H and O–H groups in total. The minimum Gasteiger partial charge on any atom is -0.478 e. The van der Waals surface area contributed by atoms with E-state index in [1.807, 2.05) is 0 Å². The standard InChI is InChI=1S/C13H16N2O6/c16-5-8-3-10(9(8)6-17)15-4-7(1-2-11(18)19)12(20)14-13(15)21/h1-2,4,8-10,16-17H,3,5-6H2,(H,18,19)(H,14,20,21)/t8-,9-,10-/m0/s1. The second-order valence-corrected chi connectivity index (χ2v) is 5.01. The first-order valence-corrected chi connectivity index (χ1v) is 6.46. The Kier molecular flexibility index (Phi) is 4.39. The fraction of sp³-hybridized carbons (Fsp3) is 0.462. The van der Waals surface area contributed by atoms with Gasteiger partial charge in [0.25, 0.3) is 5.56 Å². The number of aliphatic carboxylic acids is 1. The van der Waals surface area contributed by atoms with Crippen LogP contribution >= 0.6 is 0 Å². The van der Waals surface area contributed by atoms with Gasteiger partial charge in [0.15, 0.2) is 0 Å². The van der Waals surface area contributed by atoms with Gasteiger partial charge in [0.05, 0.1) is 5.56 Å². The topological polar surface area (TPSA) is 133 Å². The minimum absolute atomic E-state index is 0.0427. The highest BCUT2D eigenvalue weighted by Gasteiger charge is 2.41. The van der Waals surface area contributed by atoms with Gasteiger partial charge in [-0.1, -0.05) is 0 Å². The Morgan fingerprint density at radius 3 is 2.67 bits per heavy atom. The number of nitrogens with one attached hydrogen (secondary N) is 1. The Morgan fingerprint density at radius 2 is 2.10 bits per heavy atom. The van der Waals surface area contributed by atoms with Crippen LogP contribution in [-0.4, -0.2) is 44.1 Å². The number of nitrogens with zero attached hydrogens (tertiary/aromatic N) is 1. The third kappa shape index (κ3) is 2.96. The van der Waals surface area contributed by atoms with Crippen LogP contribution in [-0.2, 0) is 4.79 Å². The predicted molar refractivity (Wildman–Crippen MR) is 72.8 cm³/mol. The SMILES string of the molecule is O=C(O)C=Cc1cn([C@H]2C[C@@H](CO)[C@@H]2CO)c(=O)[nH]c1=O. The number of hydrogen-bond donors (Lipinski definition) is 4. The summed E-state index contributed by atoms with van der Waals surface area (Å²) in [5.41, 5.74) is -1.25. The zero-order valence-corrected chi connectivity index (χ0v) is 11.1. The average molecular weight is 296 g/mol. The van der Waals surface area contributed by atoms with E-state index in [4.69, 9.17) is 10.2 Å². The van der Waals surface area contributed by atoms with Crippen molar-refractivity contribution in [2.75, 3.05) is 13.2 Å². The van der Waals surface area contributed by atoms with Gasteiger partial charge in [0, 0.05) is 37.4 Å². The molecule has 0 saturated heterocycles. The quantitative estimate of drug-likeness (QED) is 0.504. The number of rotatable bonds is 5. The van der Waals surface area contributed by atoms with Gasteiger partial charge in [-0.2, -0.15) is 0 Å². The molecule has 0 spiro atoms. The molecule has 1 heterocycles. The second-order valence-electron chi connectivity index (χ2n) is 5.01. The summed E-state index contributed by atoms with van der Waals surface area (Å²) in [7, 11) is 0. The number of aromatic amines is 1. The van der Waals surface area contributed by atoms with Crippen LogP contribution in [0.1, 0.15) is 18.0 Å². The van der Waals surface area contributed by atoms with Crippen LogP contribution in [0.25, 0.3) is 6.08 Å². The molecule has 0 amide bonds. The van der Waals surface area contributed by atoms with Crippen LogP contribution in [0.15, 0.2) is 21.9 Å². The third-order valence-electron chi connectivity index (χ3n) is 3.85. The number of aromatic nitrogens is 2. The molecule has 114 valence electrons. The number of carboxylic acid groups (broad SMARTS) is 1. The third-order valence-corrected chi connectivity index (χ3v) is 3.85. The molecule has 8 heteroatoms. The van der Waals surface area contributed by atoms with Gasteiger partial charge in [-0.25, -0.2) is 9.59 Å². The van der Waals surface area contributed by atoms with Gasteiger partial charge < -0.3 is 15.3 Å². The molecule has 0 radical (unpaired) electrons. The van der Waals surface area contributed by atoms with Crippen molar-refractivity contribution in [1.82, 2.24) is 9.55 Å². The Balaban J connectivity index is 2.37. The maximum Gasteiger partial charge on any atom is 0.328 e. The molecule has 1 fully saturated rings. The Morgan fingerprint density at radius 1 is 1.38 bits per heavy atom. The Bertz CT molecular complexity index is 674. The maximum atomic E-state index is 11.8. The van der Waals surface area contributed by atoms with Crippen molar-refractivity contribution in [3.63, 3.8) is 0 Å². The van der Waals surface area contributed by atoms with Gasteiger partial charge in [-0.3, -0.25) is 14.3 Å². The van der Waals surface area contributed by atoms with Crippen molar-refractivity contribution in [2.24, 2.45) is 11.8 Å². The monoisotopic (exact) mass is 296 g/mol. The van der Waals surface area contributed by atoms with Gasteiger partial charge in [-0.05, 0) is 18.4 Å². The van der Waals surface area contributed by atoms with E-state index in [0.717, 1.165) is 12.2 Å². The van der Waals surface area contributed by atoms with Crippen molar-refractivity contribution in [1.29, 1.82) is 0 Å². The number of aliphatic hydroxyl groups is 2. The lowest BCUT2D eigenvalue weighted by atomic mass is 9.70. The van der Waals surface area contributed by atoms with Gasteiger partial charge in [0.2, 0.25) is 0 Å². The van der Waals surface area contributed by atoms with E-state index in [1.54, 1.807) is 0 Å². The molecule has 1 aromatic heterocycles. The molecule has 1 saturated carbocycles. The summed E-state index contributed by atoms with van der Waals surface area (Å²) in [5, 5.41) is 27.0. The molecule has 3 atom stereocenters. The highest BCUT2D eigenvalue weighted by Crippen LogP contribution is 2.42. The van der Waals surface area contributed by atoms with Gasteiger partial charge >= 0.3 is 11.7 Å². The first-order valence-electron chi connectivity index (χ1n) is 6.46. The Labute approximate surface area is 119 Å². The van der Waals surface area contributed by atoms with Gasteiger partial charge in [0.1, 0.15) is 0 Å². The molecule has 21 heavy (non-hydrogen) atoms. The molecular formula is C13H16N2O6. The zero-order chi connectivity index (χ0) is 15.6. The van der Waals surface area contributed by atoms with Crippen LogP contribution < -0.4 is 11.2 Å². The highest BCUT2D eigenvalue weighted by atomic mass is 16.4. The van der Waals surface area contributed by atoms with E-state index in [0.29, 0.717) is 6.42 Å². The lowest BCUT2D eigenvalue weighted by Gasteiger charge is -2.43. The fourth-order valence-electron chi connectivity index (χ4n) is 2.61. The normalized spacial score (nSPS) is 25.0. The van der Waals surface area contributed by atoms with E-state index in [1.165, 1.54) is 10.8 Å². The van der Waals surface area contributed by atoms with E-state index in [2.05, 4.69) is 4.98 Å². The van der Waals surface area contributed by atoms with Crippen LogP contribution in [0.5, 0.6) is 0 Å². The molecule has 0 bridgehead atoms. The summed E-state index contributed by atoms with van der Waals surface area (Å²) in [4.78, 5) is 36.1. The summed E-state index contributed by atoms with van der Waals surface area (Å²) in [6.45, 7) is -0.257. The molecule has 2 rings (SSSR count). The second kappa shape index (κ2) is 6.06. The van der Waals surface area contributed by atoms with Crippen LogP contribution in [0.2, 0.25) is 0 Å². The van der Waals surface area contributed by atoms with Crippen LogP contribution in [0, 0.1) is 11.8 Å². The zero-order valence-electron chi connectivity index (χ0n) is 11.1. The number of carbonyl (C=O) groups is 1. The van der Waals surface area contributed by atoms with Crippen LogP contribution in [0.3, 0.4) is 0 Å². The molecule has 0 unspecified atom stereocenters. The number of hydrogen-bond acceptors (Lipinski definition) is 5. The molecule has 1 aliphatic rings. The van der Waals surface area contributed by atoms with Gasteiger partial charge in [-0.15, -0.1) is 0 Å². The highest BCUT2D eigenvalue weighted by molar-refractivity contribution is 5.85. The largest absolute Gasteiger partial charge is 0.478 e. The number of carboxylic acids is 1. The maximum absolute atomic E-state index is 11.8. The smallest absolute Gasteiger partial charge is 0.328 e. The van der Waals surface area contributed by atoms with E-state index >= 15 is 0 Å². The summed E-state index contributed by atoms with van der Waals surface area (Å²) < 4.78 is 1.27. The summed E-state index contributed by atoms with van der Waals surface area (Å²) in [6, 6.07) is -0.325. The van der Waals surface area contributed by atoms with Crippen molar-refractivity contribution in [3.8, 4) is 0 Å². The average Bonchev–Trinajstić information content (AvgIpc) is 2.39. The molecule has 8 nitrogen and oxygen atoms in total. The van der Waals surface area contributed by atoms with E-state index < -0.39 is 17.2 Å². The first kappa shape index (κ1) is 15.2. The van der Waals surface area contributed by atoms with Crippen molar-refractivity contribution in [3.05, 3.63) is 38.7 Å². The van der Waals surface area contributed by atoms with E-state index in [9.17, 15) is 19.5 Å². The molecule has 0 aromatic carbocycles. The summed E-state index contributed by atoms with van der Waals surface area (Å²) in [6.07, 6.45) is 3.70. The summed E-state index contributed by atoms with van der Waals surface area (Å²) >= 11 is 0. The minimum atomic E-state index is -1.20. The fourth-order valence-corrected chi connectivity index (χ4v) is 2.61. The van der Waals surface area contributed by atoms with Crippen molar-refractivity contribution < 1.29 is 20.1 Å². The predicted octanol–water partition coefficient (Wildman–Crippen LogP) is -1.20. The van der Waals surface area contributed by atoms with Crippen molar-refractivity contribution in [2.45, 2.75) is 12.5 Å². The molecule has 1 aliphatic carbocycles. The number of H-pyrrole nitrogens is 1. The summed E-state index contributed by atoms with van der Waals surface area (Å²) in [5.74, 6) is -1.56. The molecule has 1 aromatic rings. The Hall–Kier alpha value is -2.19. The van der Waals surface area contributed by atoms with Crippen LogP contribution in [0.4, 0.5) is 0 Å². The van der Waals surface area contributed by atoms with E-state index in [-0.39, 0.29) is 36.7 Å². The molecule has 0 aliphatic heterocycles.